The van der Waals surface area contributed by atoms with Gasteiger partial charge >= 0.3 is 11.9 Å². The van der Waals surface area contributed by atoms with Gasteiger partial charge in [-0.05, 0) is 6.08 Å². The van der Waals surface area contributed by atoms with E-state index in [0.717, 1.165) is 6.08 Å². The van der Waals surface area contributed by atoms with Gasteiger partial charge in [0.05, 0.1) is 0 Å². The number of hydroxylamine groups is 1. The summed E-state index contributed by atoms with van der Waals surface area (Å²) in [4.78, 5) is 24.7. The number of carboxylic acids is 2. The normalized spacial score (nSPS) is 22.2. The molecule has 0 fully saturated rings. The third-order valence-corrected chi connectivity index (χ3v) is 1.09. The van der Waals surface area contributed by atoms with Gasteiger partial charge in [-0.1, -0.05) is 0 Å². The molecule has 1 heterocycles. The van der Waals surface area contributed by atoms with Gasteiger partial charge in [0.15, 0.2) is 0 Å². The molecule has 11 heavy (non-hydrogen) atoms. The van der Waals surface area contributed by atoms with E-state index in [1.54, 1.807) is 0 Å². The quantitative estimate of drug-likeness (QED) is 0.475. The Kier molecular flexibility index (Phi) is 1.77. The molecule has 1 aliphatic rings. The Morgan fingerprint density at radius 2 is 2.18 bits per heavy atom. The highest BCUT2D eigenvalue weighted by atomic mass is 16.7. The van der Waals surface area contributed by atoms with Crippen molar-refractivity contribution in [3.8, 4) is 0 Å². The minimum Gasteiger partial charge on any atom is -0.479 e. The predicted octanol–water partition coefficient (Wildman–Crippen LogP) is -1.06. The van der Waals surface area contributed by atoms with Crippen molar-refractivity contribution < 1.29 is 24.6 Å². The summed E-state index contributed by atoms with van der Waals surface area (Å²) in [5.41, 5.74) is 1.72. The zero-order chi connectivity index (χ0) is 8.43. The van der Waals surface area contributed by atoms with Crippen molar-refractivity contribution >= 4 is 11.9 Å². The van der Waals surface area contributed by atoms with Crippen LogP contribution in [0.4, 0.5) is 0 Å². The van der Waals surface area contributed by atoms with E-state index in [1.165, 1.54) is 0 Å². The molecule has 6 heteroatoms. The molecule has 0 aromatic rings. The lowest BCUT2D eigenvalue weighted by Crippen LogP contribution is -2.21. The van der Waals surface area contributed by atoms with Crippen LogP contribution in [0.15, 0.2) is 11.8 Å². The number of hydrogen-bond acceptors (Lipinski definition) is 4. The highest BCUT2D eigenvalue weighted by Gasteiger charge is 2.25. The number of aliphatic carboxylic acids is 2. The molecule has 1 unspecified atom stereocenters. The van der Waals surface area contributed by atoms with E-state index in [0.29, 0.717) is 0 Å². The fourth-order valence-corrected chi connectivity index (χ4v) is 0.583. The van der Waals surface area contributed by atoms with Gasteiger partial charge < -0.3 is 10.2 Å². The SMILES string of the molecule is O=C(O)C1=CC(C(=O)O)ON1. The zero-order valence-corrected chi connectivity index (χ0v) is 5.27. The second kappa shape index (κ2) is 2.59. The summed E-state index contributed by atoms with van der Waals surface area (Å²) in [5, 5.41) is 16.6. The highest BCUT2D eigenvalue weighted by Crippen LogP contribution is 2.06. The number of carboxylic acid groups (broad SMARTS) is 2. The Balaban J connectivity index is 2.68. The first-order chi connectivity index (χ1) is 5.11. The molecular formula is C5H5NO5. The molecule has 1 aliphatic heterocycles. The van der Waals surface area contributed by atoms with Crippen molar-refractivity contribution in [1.82, 2.24) is 5.48 Å². The smallest absolute Gasteiger partial charge is 0.354 e. The van der Waals surface area contributed by atoms with Gasteiger partial charge in [-0.15, -0.1) is 0 Å². The Morgan fingerprint density at radius 1 is 1.55 bits per heavy atom. The van der Waals surface area contributed by atoms with Gasteiger partial charge in [0.1, 0.15) is 5.70 Å². The van der Waals surface area contributed by atoms with E-state index in [1.807, 2.05) is 5.48 Å². The number of nitrogens with one attached hydrogen (secondary N) is 1. The minimum absolute atomic E-state index is 0.252. The third-order valence-electron chi connectivity index (χ3n) is 1.09. The summed E-state index contributed by atoms with van der Waals surface area (Å²) >= 11 is 0. The lowest BCUT2D eigenvalue weighted by Gasteiger charge is -1.98. The maximum Gasteiger partial charge on any atom is 0.354 e. The maximum atomic E-state index is 10.2. The molecule has 0 radical (unpaired) electrons. The average molecular weight is 159 g/mol. The molecule has 0 amide bonds. The van der Waals surface area contributed by atoms with Crippen molar-refractivity contribution in [3.63, 3.8) is 0 Å². The van der Waals surface area contributed by atoms with Crippen molar-refractivity contribution in [2.24, 2.45) is 0 Å². The van der Waals surface area contributed by atoms with E-state index in [9.17, 15) is 9.59 Å². The van der Waals surface area contributed by atoms with Crippen LogP contribution in [0, 0.1) is 0 Å². The number of carbonyl (C=O) groups is 2. The second-order valence-corrected chi connectivity index (χ2v) is 1.86. The highest BCUT2D eigenvalue weighted by molar-refractivity contribution is 5.88. The molecule has 1 atom stereocenters. The molecule has 0 bridgehead atoms. The van der Waals surface area contributed by atoms with Gasteiger partial charge in [-0.3, -0.25) is 10.3 Å². The first-order valence-electron chi connectivity index (χ1n) is 2.71. The number of hydrogen-bond donors (Lipinski definition) is 3. The Hall–Kier alpha value is -1.56. The van der Waals surface area contributed by atoms with Crippen LogP contribution in [0.5, 0.6) is 0 Å². The van der Waals surface area contributed by atoms with Crippen LogP contribution in [0.2, 0.25) is 0 Å². The third kappa shape index (κ3) is 1.47. The van der Waals surface area contributed by atoms with Crippen molar-refractivity contribution in [3.05, 3.63) is 11.8 Å². The fraction of sp³-hybridized carbons (Fsp3) is 0.200. The molecule has 0 spiro atoms. The lowest BCUT2D eigenvalue weighted by atomic mass is 10.3. The molecule has 0 saturated heterocycles. The van der Waals surface area contributed by atoms with Crippen LogP contribution in [0.1, 0.15) is 0 Å². The summed E-state index contributed by atoms with van der Waals surface area (Å²) in [7, 11) is 0. The van der Waals surface area contributed by atoms with Gasteiger partial charge in [-0.2, -0.15) is 0 Å². The summed E-state index contributed by atoms with van der Waals surface area (Å²) in [5.74, 6) is -2.47. The van der Waals surface area contributed by atoms with Gasteiger partial charge in [0, 0.05) is 0 Å². The maximum absolute atomic E-state index is 10.2. The molecule has 0 aliphatic carbocycles. The van der Waals surface area contributed by atoms with E-state index in [4.69, 9.17) is 10.2 Å². The Bertz CT molecular complexity index is 233. The Labute approximate surface area is 61.0 Å². The van der Waals surface area contributed by atoms with Gasteiger partial charge in [-0.25, -0.2) is 9.59 Å². The average Bonchev–Trinajstić information content (AvgIpc) is 2.33. The first-order valence-corrected chi connectivity index (χ1v) is 2.71. The van der Waals surface area contributed by atoms with Crippen molar-refractivity contribution in [2.45, 2.75) is 6.10 Å². The van der Waals surface area contributed by atoms with E-state index < -0.39 is 18.0 Å². The molecule has 1 rings (SSSR count). The van der Waals surface area contributed by atoms with Crippen LogP contribution >= 0.6 is 0 Å². The van der Waals surface area contributed by atoms with Crippen molar-refractivity contribution in [2.75, 3.05) is 0 Å². The zero-order valence-electron chi connectivity index (χ0n) is 5.27. The molecule has 3 N–H and O–H groups in total. The molecule has 0 saturated carbocycles. The summed E-state index contributed by atoms with van der Waals surface area (Å²) in [6.45, 7) is 0. The van der Waals surface area contributed by atoms with Crippen LogP contribution in [0.25, 0.3) is 0 Å². The van der Waals surface area contributed by atoms with Crippen molar-refractivity contribution in [1.29, 1.82) is 0 Å². The summed E-state index contributed by atoms with van der Waals surface area (Å²) < 4.78 is 0. The Morgan fingerprint density at radius 3 is 2.45 bits per heavy atom. The lowest BCUT2D eigenvalue weighted by molar-refractivity contribution is -0.149. The standard InChI is InChI=1S/C5H5NO5/c7-4(8)2-1-3(5(9)10)11-6-2/h1,3,6H,(H,7,8)(H,9,10). The molecular weight excluding hydrogens is 154 g/mol. The van der Waals surface area contributed by atoms with E-state index >= 15 is 0 Å². The molecule has 60 valence electrons. The molecule has 0 aromatic heterocycles. The second-order valence-electron chi connectivity index (χ2n) is 1.86. The largest absolute Gasteiger partial charge is 0.479 e. The first kappa shape index (κ1) is 7.55. The van der Waals surface area contributed by atoms with Crippen LogP contribution in [0.3, 0.4) is 0 Å². The monoisotopic (exact) mass is 159 g/mol. The van der Waals surface area contributed by atoms with Gasteiger partial charge in [0.2, 0.25) is 6.10 Å². The van der Waals surface area contributed by atoms with E-state index in [-0.39, 0.29) is 5.70 Å². The van der Waals surface area contributed by atoms with Crippen LogP contribution in [-0.2, 0) is 14.4 Å². The number of rotatable bonds is 2. The topological polar surface area (TPSA) is 95.9 Å². The van der Waals surface area contributed by atoms with E-state index in [2.05, 4.69) is 4.84 Å². The molecule has 6 nitrogen and oxygen atoms in total. The summed E-state index contributed by atoms with van der Waals surface area (Å²) in [6, 6.07) is 0. The minimum atomic E-state index is -1.24. The molecule has 0 aromatic carbocycles. The predicted molar refractivity (Wildman–Crippen MR) is 31.4 cm³/mol. The fourth-order valence-electron chi connectivity index (χ4n) is 0.583. The summed E-state index contributed by atoms with van der Waals surface area (Å²) in [6.07, 6.45) is -0.230. The van der Waals surface area contributed by atoms with Gasteiger partial charge in [0.25, 0.3) is 0 Å². The van der Waals surface area contributed by atoms with Crippen LogP contribution < -0.4 is 5.48 Å². The van der Waals surface area contributed by atoms with Crippen LogP contribution in [-0.4, -0.2) is 28.3 Å².